The van der Waals surface area contributed by atoms with Crippen LogP contribution in [0.5, 0.6) is 0 Å². The van der Waals surface area contributed by atoms with E-state index in [1.165, 1.54) is 6.92 Å². The Kier molecular flexibility index (Phi) is 4.43. The largest absolute Gasteiger partial charge is 0.375 e. The van der Waals surface area contributed by atoms with Gasteiger partial charge in [-0.2, -0.15) is 5.26 Å². The van der Waals surface area contributed by atoms with E-state index in [2.05, 4.69) is 4.72 Å². The fourth-order valence-corrected chi connectivity index (χ4v) is 2.49. The molecule has 1 aromatic carbocycles. The molecule has 18 heavy (non-hydrogen) atoms. The maximum absolute atomic E-state index is 11.8. The van der Waals surface area contributed by atoms with Crippen LogP contribution in [0.4, 0.5) is 11.4 Å². The number of benzene rings is 1. The van der Waals surface area contributed by atoms with Gasteiger partial charge in [0.25, 0.3) is 0 Å². The molecular weight excluding hydrogens is 274 g/mol. The topological polar surface area (TPSA) is 73.2 Å². The summed E-state index contributed by atoms with van der Waals surface area (Å²) in [6.45, 7) is 1.32. The van der Waals surface area contributed by atoms with Crippen LogP contribution in [-0.2, 0) is 10.0 Å². The molecule has 1 aromatic rings. The molecule has 1 rings (SSSR count). The quantitative estimate of drug-likeness (QED) is 0.920. The summed E-state index contributed by atoms with van der Waals surface area (Å²) in [4.78, 5) is 1.71. The molecule has 1 unspecified atom stereocenters. The van der Waals surface area contributed by atoms with E-state index in [1.54, 1.807) is 43.3 Å². The number of halogens is 1. The molecule has 0 aliphatic heterocycles. The fourth-order valence-electron chi connectivity index (χ4n) is 1.36. The number of nitrogens with zero attached hydrogens (tertiary/aromatic N) is 2. The molecular formula is C11H14ClN3O2S. The van der Waals surface area contributed by atoms with Crippen molar-refractivity contribution in [1.29, 1.82) is 5.26 Å². The monoisotopic (exact) mass is 287 g/mol. The summed E-state index contributed by atoms with van der Waals surface area (Å²) in [5.74, 6) is 0. The van der Waals surface area contributed by atoms with Gasteiger partial charge in [0.1, 0.15) is 0 Å². The number of nitriles is 1. The van der Waals surface area contributed by atoms with Gasteiger partial charge in [-0.3, -0.25) is 4.72 Å². The van der Waals surface area contributed by atoms with E-state index in [4.69, 9.17) is 16.9 Å². The molecule has 0 fully saturated rings. The first-order valence-electron chi connectivity index (χ1n) is 5.16. The summed E-state index contributed by atoms with van der Waals surface area (Å²) >= 11 is 6.03. The molecule has 0 bridgehead atoms. The Morgan fingerprint density at radius 2 is 2.06 bits per heavy atom. The average molecular weight is 288 g/mol. The number of sulfonamides is 1. The molecule has 0 heterocycles. The van der Waals surface area contributed by atoms with Crippen molar-refractivity contribution in [2.45, 2.75) is 12.2 Å². The summed E-state index contributed by atoms with van der Waals surface area (Å²) in [5.41, 5.74) is 0.919. The first-order valence-corrected chi connectivity index (χ1v) is 7.09. The molecule has 0 saturated heterocycles. The smallest absolute Gasteiger partial charge is 0.248 e. The lowest BCUT2D eigenvalue weighted by Gasteiger charge is -2.20. The van der Waals surface area contributed by atoms with Crippen molar-refractivity contribution in [2.75, 3.05) is 23.7 Å². The summed E-state index contributed by atoms with van der Waals surface area (Å²) < 4.78 is 26.0. The van der Waals surface area contributed by atoms with Gasteiger partial charge in [-0.1, -0.05) is 17.7 Å². The Balaban J connectivity index is 3.22. The Hall–Kier alpha value is -1.45. The van der Waals surface area contributed by atoms with Gasteiger partial charge >= 0.3 is 0 Å². The standard InChI is InChI=1S/C11H14ClN3O2S/c1-8(7-13)18(16,17)14-10-6-4-5-9(12)11(10)15(2)3/h4-6,8,14H,1-3H3. The zero-order chi connectivity index (χ0) is 13.9. The Morgan fingerprint density at radius 1 is 1.44 bits per heavy atom. The average Bonchev–Trinajstić information content (AvgIpc) is 2.26. The first kappa shape index (κ1) is 14.6. The number of hydrogen-bond donors (Lipinski definition) is 1. The van der Waals surface area contributed by atoms with E-state index >= 15 is 0 Å². The minimum atomic E-state index is -3.73. The molecule has 0 spiro atoms. The second kappa shape index (κ2) is 5.46. The number of hydrogen-bond acceptors (Lipinski definition) is 4. The van der Waals surface area contributed by atoms with Gasteiger partial charge in [-0.05, 0) is 19.1 Å². The van der Waals surface area contributed by atoms with E-state index in [0.717, 1.165) is 0 Å². The molecule has 0 amide bonds. The van der Waals surface area contributed by atoms with Gasteiger partial charge in [-0.25, -0.2) is 8.42 Å². The van der Waals surface area contributed by atoms with Gasteiger partial charge in [-0.15, -0.1) is 0 Å². The molecule has 0 aromatic heterocycles. The van der Waals surface area contributed by atoms with Crippen molar-refractivity contribution in [1.82, 2.24) is 0 Å². The molecule has 0 radical (unpaired) electrons. The number of nitrogens with one attached hydrogen (secondary N) is 1. The second-order valence-corrected chi connectivity index (χ2v) is 6.36. The van der Waals surface area contributed by atoms with Crippen LogP contribution in [0.25, 0.3) is 0 Å². The number of para-hydroxylation sites is 1. The van der Waals surface area contributed by atoms with E-state index in [9.17, 15) is 8.42 Å². The van der Waals surface area contributed by atoms with Crippen molar-refractivity contribution in [3.05, 3.63) is 23.2 Å². The first-order chi connectivity index (χ1) is 8.29. The zero-order valence-electron chi connectivity index (χ0n) is 10.3. The molecule has 98 valence electrons. The molecule has 5 nitrogen and oxygen atoms in total. The van der Waals surface area contributed by atoms with Gasteiger partial charge in [0.15, 0.2) is 5.25 Å². The van der Waals surface area contributed by atoms with Gasteiger partial charge in [0, 0.05) is 14.1 Å². The fraction of sp³-hybridized carbons (Fsp3) is 0.364. The van der Waals surface area contributed by atoms with E-state index in [1.807, 2.05) is 0 Å². The summed E-state index contributed by atoms with van der Waals surface area (Å²) in [7, 11) is -0.219. The number of rotatable bonds is 4. The lowest BCUT2D eigenvalue weighted by Crippen LogP contribution is -2.25. The minimum absolute atomic E-state index is 0.356. The lowest BCUT2D eigenvalue weighted by atomic mass is 10.2. The number of anilines is 2. The second-order valence-electron chi connectivity index (χ2n) is 3.95. The maximum atomic E-state index is 11.8. The van der Waals surface area contributed by atoms with E-state index in [0.29, 0.717) is 16.4 Å². The van der Waals surface area contributed by atoms with Crippen LogP contribution in [0.3, 0.4) is 0 Å². The molecule has 0 aliphatic carbocycles. The van der Waals surface area contributed by atoms with Crippen molar-refractivity contribution in [2.24, 2.45) is 0 Å². The molecule has 7 heteroatoms. The maximum Gasteiger partial charge on any atom is 0.248 e. The van der Waals surface area contributed by atoms with Gasteiger partial charge in [0.05, 0.1) is 22.5 Å². The van der Waals surface area contributed by atoms with Crippen molar-refractivity contribution >= 4 is 33.0 Å². The van der Waals surface area contributed by atoms with Crippen LogP contribution in [0.1, 0.15) is 6.92 Å². The SMILES string of the molecule is CC(C#N)S(=O)(=O)Nc1cccc(Cl)c1N(C)C. The summed E-state index contributed by atoms with van der Waals surface area (Å²) in [6, 6.07) is 6.60. The third-order valence-corrected chi connectivity index (χ3v) is 4.18. The highest BCUT2D eigenvalue weighted by molar-refractivity contribution is 7.93. The molecule has 1 N–H and O–H groups in total. The Bertz CT molecular complexity index is 578. The lowest BCUT2D eigenvalue weighted by molar-refractivity contribution is 0.597. The predicted molar refractivity (Wildman–Crippen MR) is 73.4 cm³/mol. The third kappa shape index (κ3) is 3.06. The zero-order valence-corrected chi connectivity index (χ0v) is 11.9. The molecule has 0 aliphatic rings. The third-order valence-electron chi connectivity index (χ3n) is 2.33. The highest BCUT2D eigenvalue weighted by Gasteiger charge is 2.22. The van der Waals surface area contributed by atoms with Crippen LogP contribution in [0, 0.1) is 11.3 Å². The highest BCUT2D eigenvalue weighted by Crippen LogP contribution is 2.33. The Morgan fingerprint density at radius 3 is 2.56 bits per heavy atom. The van der Waals surface area contributed by atoms with Crippen molar-refractivity contribution in [3.63, 3.8) is 0 Å². The van der Waals surface area contributed by atoms with E-state index < -0.39 is 15.3 Å². The van der Waals surface area contributed by atoms with Crippen LogP contribution in [-0.4, -0.2) is 27.8 Å². The van der Waals surface area contributed by atoms with Crippen molar-refractivity contribution in [3.8, 4) is 6.07 Å². The van der Waals surface area contributed by atoms with Crippen LogP contribution in [0.15, 0.2) is 18.2 Å². The van der Waals surface area contributed by atoms with Crippen LogP contribution >= 0.6 is 11.6 Å². The van der Waals surface area contributed by atoms with Crippen molar-refractivity contribution < 1.29 is 8.42 Å². The summed E-state index contributed by atoms with van der Waals surface area (Å²) in [5, 5.41) is 7.98. The summed E-state index contributed by atoms with van der Waals surface area (Å²) in [6.07, 6.45) is 0. The normalized spacial score (nSPS) is 12.6. The van der Waals surface area contributed by atoms with Crippen LogP contribution < -0.4 is 9.62 Å². The van der Waals surface area contributed by atoms with Gasteiger partial charge in [0.2, 0.25) is 10.0 Å². The minimum Gasteiger partial charge on any atom is -0.375 e. The highest BCUT2D eigenvalue weighted by atomic mass is 35.5. The Labute approximate surface area is 112 Å². The van der Waals surface area contributed by atoms with Crippen LogP contribution in [0.2, 0.25) is 5.02 Å². The molecule has 1 atom stereocenters. The predicted octanol–water partition coefficient (Wildman–Crippen LogP) is 2.06. The molecule has 0 saturated carbocycles. The van der Waals surface area contributed by atoms with Gasteiger partial charge < -0.3 is 4.90 Å². The van der Waals surface area contributed by atoms with E-state index in [-0.39, 0.29) is 0 Å².